The first kappa shape index (κ1) is 21.5. The minimum absolute atomic E-state index is 0.0535. The Bertz CT molecular complexity index is 858. The Balaban J connectivity index is 2.40. The van der Waals surface area contributed by atoms with Gasteiger partial charge in [0.1, 0.15) is 22.9 Å². The molecule has 0 saturated heterocycles. The van der Waals surface area contributed by atoms with Crippen molar-refractivity contribution in [2.45, 2.75) is 19.4 Å². The normalized spacial score (nSPS) is 12.5. The lowest BCUT2D eigenvalue weighted by Gasteiger charge is -2.20. The molecule has 2 nitrogen and oxygen atoms in total. The van der Waals surface area contributed by atoms with Crippen molar-refractivity contribution in [1.82, 2.24) is 0 Å². The van der Waals surface area contributed by atoms with Crippen LogP contribution < -0.4 is 9.47 Å². The molecule has 0 fully saturated rings. The standard InChI is InChI=1S/C17H9F9O2/c1-2-3-8-4-10(18)14(11(19)5-8)16(22,23)27-9-6-12(20)15(13(21)7-9)28-17(24,25)26/h2-7H,1H3/b3-2+. The fourth-order valence-electron chi connectivity index (χ4n) is 2.17. The van der Waals surface area contributed by atoms with Gasteiger partial charge in [0, 0.05) is 12.1 Å². The van der Waals surface area contributed by atoms with Gasteiger partial charge in [0.25, 0.3) is 0 Å². The SMILES string of the molecule is C/C=C/c1cc(F)c(C(F)(F)Oc2cc(F)c(OC(F)(F)F)c(F)c2)c(F)c1. The number of alkyl halides is 5. The van der Waals surface area contributed by atoms with Gasteiger partial charge in [-0.05, 0) is 24.6 Å². The van der Waals surface area contributed by atoms with E-state index in [1.165, 1.54) is 19.1 Å². The number of ether oxygens (including phenoxy) is 2. The maximum atomic E-state index is 14.1. The van der Waals surface area contributed by atoms with E-state index in [0.717, 1.165) is 0 Å². The zero-order chi connectivity index (χ0) is 21.3. The molecule has 11 heteroatoms. The molecule has 2 aromatic carbocycles. The highest BCUT2D eigenvalue weighted by Crippen LogP contribution is 2.38. The average Bonchev–Trinajstić information content (AvgIpc) is 2.49. The van der Waals surface area contributed by atoms with Gasteiger partial charge >= 0.3 is 12.5 Å². The number of allylic oxidation sites excluding steroid dienone is 1. The van der Waals surface area contributed by atoms with Crippen molar-refractivity contribution in [2.24, 2.45) is 0 Å². The van der Waals surface area contributed by atoms with Gasteiger partial charge in [-0.25, -0.2) is 17.6 Å². The molecule has 0 heterocycles. The van der Waals surface area contributed by atoms with Crippen molar-refractivity contribution in [3.63, 3.8) is 0 Å². The van der Waals surface area contributed by atoms with E-state index in [-0.39, 0.29) is 17.7 Å². The third kappa shape index (κ3) is 4.90. The molecule has 152 valence electrons. The van der Waals surface area contributed by atoms with Crippen molar-refractivity contribution in [3.8, 4) is 11.5 Å². The summed E-state index contributed by atoms with van der Waals surface area (Å²) in [5, 5.41) is 0. The first-order valence-electron chi connectivity index (χ1n) is 7.28. The molecule has 0 aliphatic rings. The molecule has 0 aromatic heterocycles. The summed E-state index contributed by atoms with van der Waals surface area (Å²) in [6, 6.07) is 1.03. The van der Waals surface area contributed by atoms with E-state index in [9.17, 15) is 39.5 Å². The summed E-state index contributed by atoms with van der Waals surface area (Å²) in [6.45, 7) is 1.51. The van der Waals surface area contributed by atoms with Gasteiger partial charge < -0.3 is 9.47 Å². The van der Waals surface area contributed by atoms with Gasteiger partial charge in [-0.15, -0.1) is 13.2 Å². The Morgan fingerprint density at radius 1 is 0.750 bits per heavy atom. The number of hydrogen-bond donors (Lipinski definition) is 0. The number of halogens is 9. The van der Waals surface area contributed by atoms with Crippen molar-refractivity contribution in [3.05, 3.63) is 64.7 Å². The molecule has 0 saturated carbocycles. The Labute approximate surface area is 151 Å². The van der Waals surface area contributed by atoms with Crippen LogP contribution in [-0.4, -0.2) is 6.36 Å². The molecule has 0 N–H and O–H groups in total. The lowest BCUT2D eigenvalue weighted by atomic mass is 10.1. The van der Waals surface area contributed by atoms with E-state index in [0.29, 0.717) is 12.1 Å². The smallest absolute Gasteiger partial charge is 0.429 e. The van der Waals surface area contributed by atoms with Crippen LogP contribution in [0.25, 0.3) is 6.08 Å². The van der Waals surface area contributed by atoms with Crippen LogP contribution in [0.5, 0.6) is 11.5 Å². The maximum absolute atomic E-state index is 14.1. The minimum atomic E-state index is -5.45. The van der Waals surface area contributed by atoms with E-state index >= 15 is 0 Å². The van der Waals surface area contributed by atoms with Gasteiger partial charge in [-0.3, -0.25) is 0 Å². The van der Waals surface area contributed by atoms with Crippen molar-refractivity contribution in [1.29, 1.82) is 0 Å². The lowest BCUT2D eigenvalue weighted by Crippen LogP contribution is -2.25. The topological polar surface area (TPSA) is 18.5 Å². The highest BCUT2D eigenvalue weighted by atomic mass is 19.4. The summed E-state index contributed by atoms with van der Waals surface area (Å²) in [4.78, 5) is 0. The lowest BCUT2D eigenvalue weighted by molar-refractivity contribution is -0.276. The Morgan fingerprint density at radius 3 is 1.68 bits per heavy atom. The van der Waals surface area contributed by atoms with Crippen molar-refractivity contribution < 1.29 is 49.0 Å². The predicted octanol–water partition coefficient (Wildman–Crippen LogP) is 6.30. The maximum Gasteiger partial charge on any atom is 0.573 e. The highest BCUT2D eigenvalue weighted by Gasteiger charge is 2.42. The molecule has 0 bridgehead atoms. The molecule has 2 aromatic rings. The summed E-state index contributed by atoms with van der Waals surface area (Å²) < 4.78 is 127. The van der Waals surface area contributed by atoms with Gasteiger partial charge in [0.2, 0.25) is 5.75 Å². The van der Waals surface area contributed by atoms with Crippen LogP contribution in [0.2, 0.25) is 0 Å². The Hall–Kier alpha value is -2.85. The summed E-state index contributed by atoms with van der Waals surface area (Å²) in [5.41, 5.74) is -1.93. The average molecular weight is 416 g/mol. The second kappa shape index (κ2) is 7.64. The fraction of sp³-hybridized carbons (Fsp3) is 0.176. The molecule has 0 atom stereocenters. The first-order valence-corrected chi connectivity index (χ1v) is 7.28. The van der Waals surface area contributed by atoms with Gasteiger partial charge in [0.15, 0.2) is 11.6 Å². The van der Waals surface area contributed by atoms with Crippen LogP contribution in [-0.2, 0) is 6.11 Å². The summed E-state index contributed by atoms with van der Waals surface area (Å²) >= 11 is 0. The van der Waals surface area contributed by atoms with Crippen LogP contribution >= 0.6 is 0 Å². The molecule has 0 radical (unpaired) electrons. The van der Waals surface area contributed by atoms with Crippen LogP contribution in [0, 0.1) is 23.3 Å². The third-order valence-corrected chi connectivity index (χ3v) is 3.15. The second-order valence-corrected chi connectivity index (χ2v) is 5.24. The van der Waals surface area contributed by atoms with E-state index in [1.807, 2.05) is 0 Å². The molecular formula is C17H9F9O2. The summed E-state index contributed by atoms with van der Waals surface area (Å²) in [5.74, 6) is -10.7. The largest absolute Gasteiger partial charge is 0.573 e. The molecule has 0 aliphatic heterocycles. The summed E-state index contributed by atoms with van der Waals surface area (Å²) in [6.07, 6.45) is -7.58. The Kier molecular flexibility index (Phi) is 5.86. The number of benzene rings is 2. The molecular weight excluding hydrogens is 407 g/mol. The monoisotopic (exact) mass is 416 g/mol. The summed E-state index contributed by atoms with van der Waals surface area (Å²) in [7, 11) is 0. The number of hydrogen-bond acceptors (Lipinski definition) is 2. The van der Waals surface area contributed by atoms with E-state index in [1.54, 1.807) is 0 Å². The minimum Gasteiger partial charge on any atom is -0.429 e. The molecule has 0 aliphatic carbocycles. The third-order valence-electron chi connectivity index (χ3n) is 3.15. The molecule has 2 rings (SSSR count). The van der Waals surface area contributed by atoms with Gasteiger partial charge in [-0.1, -0.05) is 12.2 Å². The van der Waals surface area contributed by atoms with Crippen LogP contribution in [0.1, 0.15) is 18.1 Å². The molecule has 0 amide bonds. The Morgan fingerprint density at radius 2 is 1.25 bits per heavy atom. The van der Waals surface area contributed by atoms with Crippen LogP contribution in [0.3, 0.4) is 0 Å². The van der Waals surface area contributed by atoms with Crippen molar-refractivity contribution in [2.75, 3.05) is 0 Å². The highest BCUT2D eigenvalue weighted by molar-refractivity contribution is 5.50. The fourth-order valence-corrected chi connectivity index (χ4v) is 2.17. The zero-order valence-corrected chi connectivity index (χ0v) is 13.7. The van der Waals surface area contributed by atoms with Crippen molar-refractivity contribution >= 4 is 6.08 Å². The first-order chi connectivity index (χ1) is 12.8. The molecule has 28 heavy (non-hydrogen) atoms. The molecule has 0 unspecified atom stereocenters. The van der Waals surface area contributed by atoms with E-state index in [4.69, 9.17) is 0 Å². The molecule has 0 spiro atoms. The van der Waals surface area contributed by atoms with Crippen LogP contribution in [0.4, 0.5) is 39.5 Å². The van der Waals surface area contributed by atoms with Gasteiger partial charge in [0.05, 0.1) is 0 Å². The quantitative estimate of drug-likeness (QED) is 0.533. The van der Waals surface area contributed by atoms with E-state index < -0.39 is 52.8 Å². The predicted molar refractivity (Wildman–Crippen MR) is 78.6 cm³/mol. The van der Waals surface area contributed by atoms with E-state index in [2.05, 4.69) is 9.47 Å². The van der Waals surface area contributed by atoms with Crippen LogP contribution in [0.15, 0.2) is 30.3 Å². The second-order valence-electron chi connectivity index (χ2n) is 5.24. The number of rotatable bonds is 5. The van der Waals surface area contributed by atoms with Gasteiger partial charge in [-0.2, -0.15) is 8.78 Å². The zero-order valence-electron chi connectivity index (χ0n) is 13.7.